The average Bonchev–Trinajstić information content (AvgIpc) is 2.79. The van der Waals surface area contributed by atoms with E-state index in [1.165, 1.54) is 24.4 Å². The Morgan fingerprint density at radius 2 is 1.58 bits per heavy atom. The zero-order valence-corrected chi connectivity index (χ0v) is 18.5. The van der Waals surface area contributed by atoms with Crippen molar-refractivity contribution in [3.05, 3.63) is 106 Å². The third kappa shape index (κ3) is 5.31. The lowest BCUT2D eigenvalue weighted by Gasteiger charge is -2.07. The Morgan fingerprint density at radius 1 is 0.879 bits per heavy atom. The van der Waals surface area contributed by atoms with E-state index in [1.54, 1.807) is 36.4 Å². The first-order valence-corrected chi connectivity index (χ1v) is 10.5. The molecule has 0 aliphatic rings. The predicted molar refractivity (Wildman–Crippen MR) is 129 cm³/mol. The zero-order chi connectivity index (χ0) is 23.4. The highest BCUT2D eigenvalue weighted by molar-refractivity contribution is 6.36. The first-order valence-electron chi connectivity index (χ1n) is 9.73. The van der Waals surface area contributed by atoms with Crippen LogP contribution in [0.4, 0.5) is 0 Å². The molecule has 4 rings (SSSR count). The standard InChI is InChI=1S/C25H16Cl2N2O4/c26-18-7-10-20(22(27)13-18)25(32)33-19-8-5-15(6-9-19)14-28-29-24(31)21-11-16-3-1-2-4-17(16)12-23(21)30/h1-14,30H,(H,29,31)/b28-14-. The second kappa shape index (κ2) is 9.73. The third-order valence-electron chi connectivity index (χ3n) is 4.73. The molecule has 0 aliphatic heterocycles. The first-order chi connectivity index (χ1) is 15.9. The Balaban J connectivity index is 1.39. The van der Waals surface area contributed by atoms with Crippen LogP contribution in [0.2, 0.25) is 10.0 Å². The number of amides is 1. The molecule has 6 nitrogen and oxygen atoms in total. The van der Waals surface area contributed by atoms with Crippen LogP contribution < -0.4 is 10.2 Å². The number of phenols is 1. The number of nitrogens with one attached hydrogen (secondary N) is 1. The van der Waals surface area contributed by atoms with Crippen molar-refractivity contribution in [2.24, 2.45) is 5.10 Å². The van der Waals surface area contributed by atoms with Gasteiger partial charge >= 0.3 is 5.97 Å². The molecule has 33 heavy (non-hydrogen) atoms. The van der Waals surface area contributed by atoms with E-state index >= 15 is 0 Å². The number of esters is 1. The molecule has 4 aromatic rings. The number of carbonyl (C=O) groups excluding carboxylic acids is 2. The van der Waals surface area contributed by atoms with Crippen LogP contribution in [0.25, 0.3) is 10.8 Å². The molecule has 0 fully saturated rings. The molecule has 0 heterocycles. The number of aromatic hydroxyl groups is 1. The van der Waals surface area contributed by atoms with Crippen LogP contribution >= 0.6 is 23.2 Å². The molecule has 0 bridgehead atoms. The maximum Gasteiger partial charge on any atom is 0.345 e. The topological polar surface area (TPSA) is 88.0 Å². The van der Waals surface area contributed by atoms with Gasteiger partial charge in [-0.15, -0.1) is 0 Å². The fourth-order valence-electron chi connectivity index (χ4n) is 3.07. The minimum atomic E-state index is -0.611. The predicted octanol–water partition coefficient (Wildman–Crippen LogP) is 5.84. The summed E-state index contributed by atoms with van der Waals surface area (Å²) in [6.45, 7) is 0. The molecule has 0 atom stereocenters. The van der Waals surface area contributed by atoms with Crippen LogP contribution in [-0.2, 0) is 0 Å². The fourth-order valence-corrected chi connectivity index (χ4v) is 3.56. The Kier molecular flexibility index (Phi) is 6.58. The molecule has 1 amide bonds. The lowest BCUT2D eigenvalue weighted by atomic mass is 10.1. The molecule has 0 saturated carbocycles. The smallest absolute Gasteiger partial charge is 0.345 e. The van der Waals surface area contributed by atoms with E-state index < -0.39 is 11.9 Å². The number of hydrogen-bond donors (Lipinski definition) is 2. The number of halogens is 2. The highest BCUT2D eigenvalue weighted by Gasteiger charge is 2.14. The van der Waals surface area contributed by atoms with Gasteiger partial charge in [-0.25, -0.2) is 10.2 Å². The van der Waals surface area contributed by atoms with Crippen molar-refractivity contribution in [3.63, 3.8) is 0 Å². The Hall–Kier alpha value is -3.87. The van der Waals surface area contributed by atoms with Crippen molar-refractivity contribution < 1.29 is 19.4 Å². The Labute approximate surface area is 199 Å². The Morgan fingerprint density at radius 3 is 2.27 bits per heavy atom. The number of rotatable bonds is 5. The number of fused-ring (bicyclic) bond motifs is 1. The van der Waals surface area contributed by atoms with E-state index in [-0.39, 0.29) is 21.9 Å². The van der Waals surface area contributed by atoms with Crippen molar-refractivity contribution in [1.29, 1.82) is 0 Å². The van der Waals surface area contributed by atoms with E-state index in [9.17, 15) is 14.7 Å². The third-order valence-corrected chi connectivity index (χ3v) is 5.28. The van der Waals surface area contributed by atoms with E-state index in [0.29, 0.717) is 16.3 Å². The summed E-state index contributed by atoms with van der Waals surface area (Å²) in [5.41, 5.74) is 3.37. The Bertz CT molecular complexity index is 1390. The van der Waals surface area contributed by atoms with E-state index in [4.69, 9.17) is 27.9 Å². The highest BCUT2D eigenvalue weighted by atomic mass is 35.5. The van der Waals surface area contributed by atoms with Crippen molar-refractivity contribution >= 4 is 52.1 Å². The van der Waals surface area contributed by atoms with Crippen LogP contribution in [0.15, 0.2) is 84.0 Å². The maximum atomic E-state index is 12.4. The van der Waals surface area contributed by atoms with Gasteiger partial charge in [0.15, 0.2) is 0 Å². The molecule has 0 unspecified atom stereocenters. The fraction of sp³-hybridized carbons (Fsp3) is 0. The van der Waals surface area contributed by atoms with E-state index in [0.717, 1.165) is 10.8 Å². The summed E-state index contributed by atoms with van der Waals surface area (Å²) in [4.78, 5) is 24.7. The van der Waals surface area contributed by atoms with Gasteiger partial charge < -0.3 is 9.84 Å². The van der Waals surface area contributed by atoms with E-state index in [1.807, 2.05) is 24.3 Å². The second-order valence-corrected chi connectivity index (χ2v) is 7.84. The molecule has 0 radical (unpaired) electrons. The molecule has 0 saturated heterocycles. The minimum absolute atomic E-state index is 0.119. The SMILES string of the molecule is O=C(N/N=C\c1ccc(OC(=O)c2ccc(Cl)cc2Cl)cc1)c1cc2ccccc2cc1O. The highest BCUT2D eigenvalue weighted by Crippen LogP contribution is 2.25. The van der Waals surface area contributed by atoms with Gasteiger partial charge in [0, 0.05) is 5.02 Å². The second-order valence-electron chi connectivity index (χ2n) is 7.00. The van der Waals surface area contributed by atoms with Gasteiger partial charge in [-0.05, 0) is 70.9 Å². The van der Waals surface area contributed by atoms with Crippen LogP contribution in [0.3, 0.4) is 0 Å². The molecule has 2 N–H and O–H groups in total. The van der Waals surface area contributed by atoms with E-state index in [2.05, 4.69) is 10.5 Å². The molecule has 8 heteroatoms. The van der Waals surface area contributed by atoms with Gasteiger partial charge in [0.25, 0.3) is 5.91 Å². The number of carbonyl (C=O) groups is 2. The molecule has 0 aromatic heterocycles. The lowest BCUT2D eigenvalue weighted by Crippen LogP contribution is -2.17. The van der Waals surface area contributed by atoms with Crippen LogP contribution in [-0.4, -0.2) is 23.2 Å². The molecule has 0 aliphatic carbocycles. The van der Waals surface area contributed by atoms with Crippen LogP contribution in [0, 0.1) is 0 Å². The summed E-state index contributed by atoms with van der Waals surface area (Å²) in [7, 11) is 0. The molecule has 164 valence electrons. The average molecular weight is 479 g/mol. The summed E-state index contributed by atoms with van der Waals surface area (Å²) in [5, 5.41) is 16.3. The van der Waals surface area contributed by atoms with Gasteiger partial charge in [0.05, 0.1) is 22.4 Å². The summed E-state index contributed by atoms with van der Waals surface area (Å²) < 4.78 is 5.32. The lowest BCUT2D eigenvalue weighted by molar-refractivity contribution is 0.0734. The van der Waals surface area contributed by atoms with Crippen molar-refractivity contribution in [2.45, 2.75) is 0 Å². The minimum Gasteiger partial charge on any atom is -0.507 e. The van der Waals surface area contributed by atoms with Gasteiger partial charge in [-0.1, -0.05) is 47.5 Å². The number of hydrazone groups is 1. The molecule has 4 aromatic carbocycles. The molecular formula is C25H16Cl2N2O4. The monoisotopic (exact) mass is 478 g/mol. The summed E-state index contributed by atoms with van der Waals surface area (Å²) in [6.07, 6.45) is 1.43. The largest absolute Gasteiger partial charge is 0.507 e. The first kappa shape index (κ1) is 22.3. The van der Waals surface area contributed by atoms with Crippen LogP contribution in [0.5, 0.6) is 11.5 Å². The quantitative estimate of drug-likeness (QED) is 0.163. The number of phenolic OH excluding ortho intramolecular Hbond substituents is 1. The maximum absolute atomic E-state index is 12.4. The van der Waals surface area contributed by atoms with Crippen molar-refractivity contribution in [2.75, 3.05) is 0 Å². The molecular weight excluding hydrogens is 463 g/mol. The van der Waals surface area contributed by atoms with Gasteiger partial charge in [-0.2, -0.15) is 5.10 Å². The van der Waals surface area contributed by atoms with Crippen LogP contribution in [0.1, 0.15) is 26.3 Å². The summed E-state index contributed by atoms with van der Waals surface area (Å²) in [6, 6.07) is 21.5. The summed E-state index contributed by atoms with van der Waals surface area (Å²) >= 11 is 11.9. The van der Waals surface area contributed by atoms with Gasteiger partial charge in [0.2, 0.25) is 0 Å². The number of ether oxygens (including phenoxy) is 1. The number of nitrogens with zero attached hydrogens (tertiary/aromatic N) is 1. The normalized spacial score (nSPS) is 11.0. The van der Waals surface area contributed by atoms with Crippen molar-refractivity contribution in [1.82, 2.24) is 5.43 Å². The zero-order valence-electron chi connectivity index (χ0n) is 17.0. The summed E-state index contributed by atoms with van der Waals surface area (Å²) in [5.74, 6) is -0.970. The number of benzene rings is 4. The molecule has 0 spiro atoms. The van der Waals surface area contributed by atoms with Crippen molar-refractivity contribution in [3.8, 4) is 11.5 Å². The van der Waals surface area contributed by atoms with Gasteiger partial charge in [-0.3, -0.25) is 4.79 Å². The number of hydrogen-bond acceptors (Lipinski definition) is 5. The van der Waals surface area contributed by atoms with Gasteiger partial charge in [0.1, 0.15) is 11.5 Å².